The maximum atomic E-state index is 12.3. The summed E-state index contributed by atoms with van der Waals surface area (Å²) >= 11 is 0. The first-order chi connectivity index (χ1) is 9.11. The van der Waals surface area contributed by atoms with E-state index in [0.717, 1.165) is 19.3 Å². The zero-order valence-electron chi connectivity index (χ0n) is 11.4. The lowest BCUT2D eigenvalue weighted by Gasteiger charge is -2.27. The standard InChI is InChI=1S/C15H19NO3/c1-16(10-14(17)19-2)15(18)13-8-7-11-5-3-4-6-12(11)9-13/h3-6,13H,7-10H2,1-2H3. The normalized spacial score (nSPS) is 17.5. The minimum atomic E-state index is -0.382. The second-order valence-electron chi connectivity index (χ2n) is 4.98. The lowest BCUT2D eigenvalue weighted by molar-refractivity contribution is -0.147. The molecule has 1 atom stereocenters. The Labute approximate surface area is 113 Å². The Bertz CT molecular complexity index is 484. The number of carbonyl (C=O) groups excluding carboxylic acids is 2. The molecule has 4 nitrogen and oxygen atoms in total. The van der Waals surface area contributed by atoms with E-state index in [1.807, 2.05) is 12.1 Å². The number of ether oxygens (including phenoxy) is 1. The number of hydrogen-bond donors (Lipinski definition) is 0. The summed E-state index contributed by atoms with van der Waals surface area (Å²) in [6.45, 7) is 0.0213. The number of esters is 1. The maximum absolute atomic E-state index is 12.3. The maximum Gasteiger partial charge on any atom is 0.325 e. The Balaban J connectivity index is 2.00. The van der Waals surface area contributed by atoms with Crippen molar-refractivity contribution >= 4 is 11.9 Å². The van der Waals surface area contributed by atoms with Crippen LogP contribution in [0.5, 0.6) is 0 Å². The molecule has 2 rings (SSSR count). The van der Waals surface area contributed by atoms with Crippen LogP contribution >= 0.6 is 0 Å². The first-order valence-corrected chi connectivity index (χ1v) is 6.50. The summed E-state index contributed by atoms with van der Waals surface area (Å²) in [7, 11) is 2.98. The molecule has 0 fully saturated rings. The third-order valence-electron chi connectivity index (χ3n) is 3.67. The molecule has 0 aromatic heterocycles. The largest absolute Gasteiger partial charge is 0.468 e. The number of amides is 1. The van der Waals surface area contributed by atoms with Crippen molar-refractivity contribution in [1.29, 1.82) is 0 Å². The van der Waals surface area contributed by atoms with Gasteiger partial charge in [-0.05, 0) is 30.4 Å². The highest BCUT2D eigenvalue weighted by Gasteiger charge is 2.27. The van der Waals surface area contributed by atoms with Gasteiger partial charge >= 0.3 is 5.97 Å². The average molecular weight is 261 g/mol. The van der Waals surface area contributed by atoms with E-state index in [4.69, 9.17) is 0 Å². The van der Waals surface area contributed by atoms with Gasteiger partial charge < -0.3 is 9.64 Å². The van der Waals surface area contributed by atoms with Crippen molar-refractivity contribution in [3.63, 3.8) is 0 Å². The van der Waals surface area contributed by atoms with E-state index in [9.17, 15) is 9.59 Å². The molecular formula is C15H19NO3. The van der Waals surface area contributed by atoms with Crippen LogP contribution in [0.4, 0.5) is 0 Å². The van der Waals surface area contributed by atoms with Crippen molar-refractivity contribution in [1.82, 2.24) is 4.90 Å². The second-order valence-corrected chi connectivity index (χ2v) is 4.98. The predicted octanol–water partition coefficient (Wildman–Crippen LogP) is 1.42. The van der Waals surface area contributed by atoms with E-state index in [1.165, 1.54) is 23.1 Å². The van der Waals surface area contributed by atoms with Gasteiger partial charge in [-0.15, -0.1) is 0 Å². The van der Waals surface area contributed by atoms with Gasteiger partial charge in [-0.2, -0.15) is 0 Å². The number of hydrogen-bond acceptors (Lipinski definition) is 3. The molecule has 102 valence electrons. The van der Waals surface area contributed by atoms with Crippen LogP contribution in [0.15, 0.2) is 24.3 Å². The highest BCUT2D eigenvalue weighted by atomic mass is 16.5. The Morgan fingerprint density at radius 3 is 2.68 bits per heavy atom. The van der Waals surface area contributed by atoms with Crippen LogP contribution in [0.2, 0.25) is 0 Å². The minimum Gasteiger partial charge on any atom is -0.468 e. The quantitative estimate of drug-likeness (QED) is 0.773. The first kappa shape index (κ1) is 13.6. The fourth-order valence-corrected chi connectivity index (χ4v) is 2.56. The molecule has 0 saturated heterocycles. The van der Waals surface area contributed by atoms with Crippen molar-refractivity contribution in [2.45, 2.75) is 19.3 Å². The van der Waals surface area contributed by atoms with Gasteiger partial charge in [-0.1, -0.05) is 24.3 Å². The van der Waals surface area contributed by atoms with E-state index >= 15 is 0 Å². The highest BCUT2D eigenvalue weighted by molar-refractivity contribution is 5.83. The third kappa shape index (κ3) is 3.13. The van der Waals surface area contributed by atoms with Gasteiger partial charge in [0.25, 0.3) is 0 Å². The fourth-order valence-electron chi connectivity index (χ4n) is 2.56. The van der Waals surface area contributed by atoms with E-state index in [1.54, 1.807) is 7.05 Å². The number of carbonyl (C=O) groups is 2. The van der Waals surface area contributed by atoms with Crippen molar-refractivity contribution < 1.29 is 14.3 Å². The van der Waals surface area contributed by atoms with Crippen LogP contribution in [0.3, 0.4) is 0 Å². The summed E-state index contributed by atoms with van der Waals surface area (Å²) in [5, 5.41) is 0. The number of benzene rings is 1. The van der Waals surface area contributed by atoms with Gasteiger partial charge in [0.1, 0.15) is 6.54 Å². The van der Waals surface area contributed by atoms with Gasteiger partial charge in [0.05, 0.1) is 7.11 Å². The average Bonchev–Trinajstić information content (AvgIpc) is 2.45. The van der Waals surface area contributed by atoms with Gasteiger partial charge in [0.15, 0.2) is 0 Å². The van der Waals surface area contributed by atoms with Crippen molar-refractivity contribution in [3.05, 3.63) is 35.4 Å². The third-order valence-corrected chi connectivity index (χ3v) is 3.67. The molecule has 0 saturated carbocycles. The van der Waals surface area contributed by atoms with Gasteiger partial charge in [-0.25, -0.2) is 0 Å². The summed E-state index contributed by atoms with van der Waals surface area (Å²) in [5.74, 6) is -0.378. The van der Waals surface area contributed by atoms with Crippen LogP contribution in [-0.4, -0.2) is 37.5 Å². The molecule has 1 amide bonds. The molecule has 4 heteroatoms. The topological polar surface area (TPSA) is 46.6 Å². The first-order valence-electron chi connectivity index (χ1n) is 6.50. The Morgan fingerprint density at radius 1 is 1.32 bits per heavy atom. The lowest BCUT2D eigenvalue weighted by atomic mass is 9.83. The number of aryl methyl sites for hydroxylation is 1. The summed E-state index contributed by atoms with van der Waals surface area (Å²) in [4.78, 5) is 24.9. The summed E-state index contributed by atoms with van der Waals surface area (Å²) in [6, 6.07) is 8.23. The molecular weight excluding hydrogens is 242 g/mol. The SMILES string of the molecule is COC(=O)CN(C)C(=O)C1CCc2ccccc2C1. The Morgan fingerprint density at radius 2 is 2.00 bits per heavy atom. The summed E-state index contributed by atoms with van der Waals surface area (Å²) in [6.07, 6.45) is 2.54. The van der Waals surface area contributed by atoms with Crippen LogP contribution in [-0.2, 0) is 27.2 Å². The van der Waals surface area contributed by atoms with Crippen molar-refractivity contribution in [2.24, 2.45) is 5.92 Å². The van der Waals surface area contributed by atoms with Gasteiger partial charge in [0.2, 0.25) is 5.91 Å². The van der Waals surface area contributed by atoms with Crippen LogP contribution < -0.4 is 0 Å². The molecule has 0 N–H and O–H groups in total. The molecule has 1 aliphatic carbocycles. The number of rotatable bonds is 3. The van der Waals surface area contributed by atoms with Crippen LogP contribution in [0, 0.1) is 5.92 Å². The lowest BCUT2D eigenvalue weighted by Crippen LogP contribution is -2.39. The molecule has 0 bridgehead atoms. The molecule has 19 heavy (non-hydrogen) atoms. The van der Waals surface area contributed by atoms with Gasteiger partial charge in [-0.3, -0.25) is 9.59 Å². The molecule has 0 spiro atoms. The van der Waals surface area contributed by atoms with Crippen molar-refractivity contribution in [3.8, 4) is 0 Å². The molecule has 0 aliphatic heterocycles. The fraction of sp³-hybridized carbons (Fsp3) is 0.467. The van der Waals surface area contributed by atoms with E-state index in [0.29, 0.717) is 0 Å². The molecule has 0 heterocycles. The molecule has 1 aliphatic rings. The zero-order chi connectivity index (χ0) is 13.8. The monoisotopic (exact) mass is 261 g/mol. The van der Waals surface area contributed by atoms with Crippen LogP contribution in [0.25, 0.3) is 0 Å². The van der Waals surface area contributed by atoms with Crippen molar-refractivity contribution in [2.75, 3.05) is 20.7 Å². The molecule has 1 unspecified atom stereocenters. The zero-order valence-corrected chi connectivity index (χ0v) is 11.4. The number of fused-ring (bicyclic) bond motifs is 1. The van der Waals surface area contributed by atoms with E-state index < -0.39 is 0 Å². The predicted molar refractivity (Wildman–Crippen MR) is 71.6 cm³/mol. The summed E-state index contributed by atoms with van der Waals surface area (Å²) in [5.41, 5.74) is 2.58. The minimum absolute atomic E-state index is 0.0213. The molecule has 1 aromatic carbocycles. The van der Waals surface area contributed by atoms with Crippen LogP contribution in [0.1, 0.15) is 17.5 Å². The Hall–Kier alpha value is -1.84. The molecule has 1 aromatic rings. The number of nitrogens with zero attached hydrogens (tertiary/aromatic N) is 1. The van der Waals surface area contributed by atoms with E-state index in [2.05, 4.69) is 16.9 Å². The second kappa shape index (κ2) is 5.87. The highest BCUT2D eigenvalue weighted by Crippen LogP contribution is 2.26. The smallest absolute Gasteiger partial charge is 0.325 e. The van der Waals surface area contributed by atoms with Gasteiger partial charge in [0, 0.05) is 13.0 Å². The Kier molecular flexibility index (Phi) is 4.20. The number of methoxy groups -OCH3 is 1. The molecule has 0 radical (unpaired) electrons. The van der Waals surface area contributed by atoms with E-state index in [-0.39, 0.29) is 24.3 Å². The summed E-state index contributed by atoms with van der Waals surface area (Å²) < 4.78 is 4.58. The number of likely N-dealkylation sites (N-methyl/N-ethyl adjacent to an activating group) is 1.